The van der Waals surface area contributed by atoms with Crippen molar-refractivity contribution in [3.8, 4) is 16.9 Å². The third-order valence-electron chi connectivity index (χ3n) is 5.27. The van der Waals surface area contributed by atoms with Crippen LogP contribution in [0.15, 0.2) is 53.0 Å². The van der Waals surface area contributed by atoms with Gasteiger partial charge < -0.3 is 14.5 Å². The van der Waals surface area contributed by atoms with Crippen LogP contribution in [0, 0.1) is 0 Å². The molecule has 1 saturated heterocycles. The van der Waals surface area contributed by atoms with Crippen LogP contribution in [0.25, 0.3) is 11.1 Å². The molecule has 0 aliphatic carbocycles. The minimum Gasteiger partial charge on any atom is -0.494 e. The van der Waals surface area contributed by atoms with Crippen LogP contribution in [0.5, 0.6) is 5.75 Å². The van der Waals surface area contributed by atoms with Gasteiger partial charge in [0, 0.05) is 30.7 Å². The number of hydrogen-bond donors (Lipinski definition) is 0. The van der Waals surface area contributed by atoms with Gasteiger partial charge in [0.1, 0.15) is 5.75 Å². The Labute approximate surface area is 172 Å². The molecular weight excluding hydrogens is 400 g/mol. The van der Waals surface area contributed by atoms with Gasteiger partial charge in [-0.2, -0.15) is 0 Å². The Kier molecular flexibility index (Phi) is 8.18. The van der Waals surface area contributed by atoms with E-state index >= 15 is 0 Å². The van der Waals surface area contributed by atoms with Crippen LogP contribution < -0.4 is 4.74 Å². The predicted octanol–water partition coefficient (Wildman–Crippen LogP) is 5.30. The number of benzene rings is 2. The van der Waals surface area contributed by atoms with Crippen LogP contribution in [0.3, 0.4) is 0 Å². The minimum atomic E-state index is 0.808. The Balaban J connectivity index is 1.29. The van der Waals surface area contributed by atoms with Crippen molar-refractivity contribution in [1.29, 1.82) is 0 Å². The number of ether oxygens (including phenoxy) is 1. The monoisotopic (exact) mass is 430 g/mol. The maximum Gasteiger partial charge on any atom is 0.119 e. The second-order valence-electron chi connectivity index (χ2n) is 7.41. The molecule has 0 aromatic heterocycles. The molecule has 0 amide bonds. The van der Waals surface area contributed by atoms with Crippen LogP contribution in [0.2, 0.25) is 0 Å². The average molecular weight is 431 g/mol. The zero-order chi connectivity index (χ0) is 18.9. The Bertz CT molecular complexity index is 681. The van der Waals surface area contributed by atoms with Crippen LogP contribution in [0.1, 0.15) is 25.7 Å². The van der Waals surface area contributed by atoms with E-state index in [1.165, 1.54) is 63.1 Å². The largest absolute Gasteiger partial charge is 0.494 e. The fourth-order valence-corrected chi connectivity index (χ4v) is 3.99. The van der Waals surface area contributed by atoms with Crippen LogP contribution in [-0.4, -0.2) is 56.2 Å². The molecule has 3 nitrogen and oxygen atoms in total. The Morgan fingerprint density at radius 3 is 2.30 bits per heavy atom. The molecule has 0 unspecified atom stereocenters. The molecule has 1 heterocycles. The van der Waals surface area contributed by atoms with Gasteiger partial charge in [-0.15, -0.1) is 0 Å². The van der Waals surface area contributed by atoms with Gasteiger partial charge in [0.25, 0.3) is 0 Å². The highest BCUT2D eigenvalue weighted by molar-refractivity contribution is 9.10. The number of piperazine rings is 1. The first-order valence-electron chi connectivity index (χ1n) is 10.1. The van der Waals surface area contributed by atoms with Gasteiger partial charge in [-0.05, 0) is 55.8 Å². The minimum absolute atomic E-state index is 0.808. The lowest BCUT2D eigenvalue weighted by molar-refractivity contribution is 0.151. The molecule has 3 rings (SSSR count). The van der Waals surface area contributed by atoms with E-state index in [4.69, 9.17) is 4.74 Å². The maximum absolute atomic E-state index is 5.91. The fourth-order valence-electron chi connectivity index (χ4n) is 3.48. The normalized spacial score (nSPS) is 15.8. The van der Waals surface area contributed by atoms with E-state index in [2.05, 4.69) is 75.2 Å². The number of rotatable bonds is 9. The molecule has 27 heavy (non-hydrogen) atoms. The summed E-state index contributed by atoms with van der Waals surface area (Å²) in [5, 5.41) is 0. The van der Waals surface area contributed by atoms with Crippen molar-refractivity contribution >= 4 is 15.9 Å². The molecule has 1 aliphatic rings. The molecule has 0 bridgehead atoms. The summed E-state index contributed by atoms with van der Waals surface area (Å²) in [4.78, 5) is 5.02. The lowest BCUT2D eigenvalue weighted by Crippen LogP contribution is -2.44. The van der Waals surface area contributed by atoms with Gasteiger partial charge in [-0.25, -0.2) is 0 Å². The van der Waals surface area contributed by atoms with Crippen LogP contribution in [0.4, 0.5) is 0 Å². The maximum atomic E-state index is 5.91. The molecule has 4 heteroatoms. The van der Waals surface area contributed by atoms with Gasteiger partial charge in [0.2, 0.25) is 0 Å². The summed E-state index contributed by atoms with van der Waals surface area (Å²) in [6.45, 7) is 6.96. The number of likely N-dealkylation sites (N-methyl/N-ethyl adjacent to an activating group) is 1. The van der Waals surface area contributed by atoms with Crippen molar-refractivity contribution in [2.45, 2.75) is 25.7 Å². The Morgan fingerprint density at radius 2 is 1.56 bits per heavy atom. The molecule has 1 fully saturated rings. The zero-order valence-corrected chi connectivity index (χ0v) is 18.0. The molecule has 146 valence electrons. The third kappa shape index (κ3) is 6.63. The first-order valence-corrected chi connectivity index (χ1v) is 10.9. The van der Waals surface area contributed by atoms with Crippen molar-refractivity contribution in [2.75, 3.05) is 46.4 Å². The molecule has 2 aromatic rings. The predicted molar refractivity (Wildman–Crippen MR) is 117 cm³/mol. The molecule has 0 atom stereocenters. The Hall–Kier alpha value is -1.36. The van der Waals surface area contributed by atoms with E-state index in [9.17, 15) is 0 Å². The topological polar surface area (TPSA) is 15.7 Å². The van der Waals surface area contributed by atoms with E-state index in [1.54, 1.807) is 0 Å². The number of nitrogens with zero attached hydrogens (tertiary/aromatic N) is 2. The van der Waals surface area contributed by atoms with Crippen molar-refractivity contribution in [3.63, 3.8) is 0 Å². The smallest absolute Gasteiger partial charge is 0.119 e. The summed E-state index contributed by atoms with van der Waals surface area (Å²) < 4.78 is 7.03. The van der Waals surface area contributed by atoms with Gasteiger partial charge in [0.15, 0.2) is 0 Å². The molecule has 0 N–H and O–H groups in total. The molecule has 2 aromatic carbocycles. The summed E-state index contributed by atoms with van der Waals surface area (Å²) in [5.41, 5.74) is 2.42. The van der Waals surface area contributed by atoms with Crippen LogP contribution in [-0.2, 0) is 0 Å². The van der Waals surface area contributed by atoms with Crippen molar-refractivity contribution in [1.82, 2.24) is 9.80 Å². The van der Waals surface area contributed by atoms with E-state index in [0.717, 1.165) is 23.2 Å². The van der Waals surface area contributed by atoms with E-state index in [1.807, 2.05) is 6.07 Å². The van der Waals surface area contributed by atoms with Gasteiger partial charge in [-0.3, -0.25) is 0 Å². The van der Waals surface area contributed by atoms with E-state index < -0.39 is 0 Å². The summed E-state index contributed by atoms with van der Waals surface area (Å²) in [6.07, 6.45) is 5.00. The summed E-state index contributed by atoms with van der Waals surface area (Å²) in [7, 11) is 2.21. The van der Waals surface area contributed by atoms with Crippen molar-refractivity contribution < 1.29 is 4.74 Å². The Morgan fingerprint density at radius 1 is 0.852 bits per heavy atom. The van der Waals surface area contributed by atoms with E-state index in [-0.39, 0.29) is 0 Å². The van der Waals surface area contributed by atoms with Gasteiger partial charge in [-0.1, -0.05) is 59.1 Å². The summed E-state index contributed by atoms with van der Waals surface area (Å²) in [5.74, 6) is 0.961. The first-order chi connectivity index (χ1) is 13.2. The zero-order valence-electron chi connectivity index (χ0n) is 16.4. The summed E-state index contributed by atoms with van der Waals surface area (Å²) >= 11 is 3.61. The van der Waals surface area contributed by atoms with Crippen molar-refractivity contribution in [3.05, 3.63) is 53.0 Å². The van der Waals surface area contributed by atoms with Gasteiger partial charge >= 0.3 is 0 Å². The van der Waals surface area contributed by atoms with Crippen molar-refractivity contribution in [2.24, 2.45) is 0 Å². The quantitative estimate of drug-likeness (QED) is 0.501. The number of unbranched alkanes of at least 4 members (excludes halogenated alkanes) is 3. The average Bonchev–Trinajstić information content (AvgIpc) is 2.70. The SMILES string of the molecule is CN1CCN(CCCCCCOc2ccc(-c3ccccc3Br)cc2)CC1. The van der Waals surface area contributed by atoms with Crippen LogP contribution >= 0.6 is 15.9 Å². The first kappa shape index (κ1) is 20.4. The van der Waals surface area contributed by atoms with E-state index in [0.29, 0.717) is 0 Å². The highest BCUT2D eigenvalue weighted by Crippen LogP contribution is 2.29. The highest BCUT2D eigenvalue weighted by Gasteiger charge is 2.12. The number of hydrogen-bond acceptors (Lipinski definition) is 3. The lowest BCUT2D eigenvalue weighted by Gasteiger charge is -2.32. The fraction of sp³-hybridized carbons (Fsp3) is 0.478. The molecular formula is C23H31BrN2O. The molecule has 1 aliphatic heterocycles. The second kappa shape index (κ2) is 10.8. The molecule has 0 radical (unpaired) electrons. The highest BCUT2D eigenvalue weighted by atomic mass is 79.9. The summed E-state index contributed by atoms with van der Waals surface area (Å²) in [6, 6.07) is 16.7. The molecule has 0 saturated carbocycles. The number of halogens is 1. The lowest BCUT2D eigenvalue weighted by atomic mass is 10.1. The standard InChI is InChI=1S/C23H31BrN2O/c1-25-15-17-26(18-16-25)14-6-2-3-7-19-27-21-12-10-20(11-13-21)22-8-4-5-9-23(22)24/h4-5,8-13H,2-3,6-7,14-19H2,1H3. The third-order valence-corrected chi connectivity index (χ3v) is 5.96. The molecule has 0 spiro atoms. The van der Waals surface area contributed by atoms with Gasteiger partial charge in [0.05, 0.1) is 6.61 Å². The second-order valence-corrected chi connectivity index (χ2v) is 8.27.